The third-order valence-electron chi connectivity index (χ3n) is 7.84. The number of ether oxygens (including phenoxy) is 1. The summed E-state index contributed by atoms with van der Waals surface area (Å²) in [5.74, 6) is -1.53. The Morgan fingerprint density at radius 1 is 0.857 bits per heavy atom. The molecule has 0 saturated carbocycles. The smallest absolute Gasteiger partial charge is 0.353 e. The van der Waals surface area contributed by atoms with E-state index >= 15 is 0 Å². The average Bonchev–Trinajstić information content (AvgIpc) is 3.47. The van der Waals surface area contributed by atoms with Gasteiger partial charge in [-0.1, -0.05) is 92.9 Å². The van der Waals surface area contributed by atoms with E-state index in [1.807, 2.05) is 30.3 Å². The molecule has 0 bridgehead atoms. The Kier molecular flexibility index (Phi) is 17.7. The molecule has 0 saturated heterocycles. The van der Waals surface area contributed by atoms with Gasteiger partial charge in [0.2, 0.25) is 0 Å². The van der Waals surface area contributed by atoms with Crippen LogP contribution in [-0.4, -0.2) is 44.9 Å². The molecule has 1 heterocycles. The molecule has 9 nitrogen and oxygen atoms in total. The molecule has 0 amide bonds. The predicted molar refractivity (Wildman–Crippen MR) is 198 cm³/mol. The number of benzene rings is 3. The van der Waals surface area contributed by atoms with Crippen LogP contribution in [0, 0.1) is 6.92 Å². The topological polar surface area (TPSA) is 148 Å². The number of aryl methyl sites for hydroxylation is 2. The van der Waals surface area contributed by atoms with Gasteiger partial charge in [-0.2, -0.15) is 0 Å². The van der Waals surface area contributed by atoms with Crippen LogP contribution < -0.4 is 15.4 Å². The minimum atomic E-state index is -4.38. The van der Waals surface area contributed by atoms with Crippen LogP contribution in [0.3, 0.4) is 0 Å². The van der Waals surface area contributed by atoms with Crippen molar-refractivity contribution in [1.29, 1.82) is 0 Å². The van der Waals surface area contributed by atoms with Crippen LogP contribution in [0.2, 0.25) is 0 Å². The zero-order chi connectivity index (χ0) is 35.5. The third kappa shape index (κ3) is 15.8. The summed E-state index contributed by atoms with van der Waals surface area (Å²) in [7, 11) is -4.38. The molecule has 6 N–H and O–H groups in total. The van der Waals surface area contributed by atoms with Gasteiger partial charge in [0.1, 0.15) is 12.4 Å². The summed E-state index contributed by atoms with van der Waals surface area (Å²) in [5, 5.41) is 24.1. The van der Waals surface area contributed by atoms with Gasteiger partial charge in [-0.3, -0.25) is 9.36 Å². The molecule has 3 aromatic carbocycles. The highest BCUT2D eigenvalue weighted by molar-refractivity contribution is 7.52. The van der Waals surface area contributed by atoms with E-state index in [1.165, 1.54) is 52.1 Å². The maximum atomic E-state index is 10.8. The molecular formula is C38H51N2O7PS. The quantitative estimate of drug-likeness (QED) is 0.0402. The first kappa shape index (κ1) is 40.1. The van der Waals surface area contributed by atoms with Crippen LogP contribution in [0.4, 0.5) is 0 Å². The van der Waals surface area contributed by atoms with Crippen molar-refractivity contribution >= 4 is 24.9 Å². The Balaban J connectivity index is 0.000000272. The van der Waals surface area contributed by atoms with Crippen molar-refractivity contribution in [3.05, 3.63) is 111 Å². The van der Waals surface area contributed by atoms with Crippen molar-refractivity contribution in [2.45, 2.75) is 84.3 Å². The number of aliphatic hydroxyl groups excluding tert-OH is 1. The van der Waals surface area contributed by atoms with E-state index in [4.69, 9.17) is 19.6 Å². The highest BCUT2D eigenvalue weighted by atomic mass is 32.1. The zero-order valence-corrected chi connectivity index (χ0v) is 30.2. The van der Waals surface area contributed by atoms with Crippen LogP contribution in [0.25, 0.3) is 11.1 Å². The molecular weight excluding hydrogens is 659 g/mol. The van der Waals surface area contributed by atoms with Gasteiger partial charge in [-0.25, -0.2) is 0 Å². The molecule has 0 aliphatic heterocycles. The number of aliphatic carboxylic acids is 1. The van der Waals surface area contributed by atoms with Crippen LogP contribution in [-0.2, 0) is 35.5 Å². The summed E-state index contributed by atoms with van der Waals surface area (Å²) in [6.07, 6.45) is 6.34. The number of aliphatic hydroxyl groups is 1. The molecule has 4 aromatic rings. The summed E-state index contributed by atoms with van der Waals surface area (Å²) < 4.78 is 16.7. The minimum Gasteiger partial charge on any atom is -0.488 e. The second-order valence-corrected chi connectivity index (χ2v) is 15.1. The molecule has 0 radical (unpaired) electrons. The lowest BCUT2D eigenvalue weighted by molar-refractivity contribution is -0.136. The molecule has 266 valence electrons. The van der Waals surface area contributed by atoms with Crippen molar-refractivity contribution in [2.24, 2.45) is 0 Å². The number of thiophene rings is 1. The number of nitrogens with one attached hydrogen (secondary N) is 2. The fourth-order valence-corrected chi connectivity index (χ4v) is 6.46. The van der Waals surface area contributed by atoms with Gasteiger partial charge in [0.05, 0.1) is 6.42 Å². The summed E-state index contributed by atoms with van der Waals surface area (Å²) in [6.45, 7) is 7.01. The van der Waals surface area contributed by atoms with Gasteiger partial charge in [0, 0.05) is 29.4 Å². The largest absolute Gasteiger partial charge is 0.488 e. The molecule has 11 heteroatoms. The Morgan fingerprint density at radius 2 is 1.47 bits per heavy atom. The number of rotatable bonds is 20. The minimum absolute atomic E-state index is 0.0415. The zero-order valence-electron chi connectivity index (χ0n) is 28.5. The lowest BCUT2D eigenvalue weighted by Gasteiger charge is -2.12. The van der Waals surface area contributed by atoms with Gasteiger partial charge >= 0.3 is 13.6 Å². The van der Waals surface area contributed by atoms with Gasteiger partial charge in [0.15, 0.2) is 5.85 Å². The fourth-order valence-electron chi connectivity index (χ4n) is 5.02. The van der Waals surface area contributed by atoms with Crippen molar-refractivity contribution in [3.8, 4) is 16.9 Å². The van der Waals surface area contributed by atoms with Crippen LogP contribution in [0.5, 0.6) is 5.75 Å². The molecule has 0 fully saturated rings. The molecule has 49 heavy (non-hydrogen) atoms. The maximum Gasteiger partial charge on any atom is 0.353 e. The first-order valence-electron chi connectivity index (χ1n) is 16.9. The van der Waals surface area contributed by atoms with Gasteiger partial charge in [0.25, 0.3) is 0 Å². The van der Waals surface area contributed by atoms with E-state index < -0.39 is 19.4 Å². The SMILES string of the molecule is CCCCCCc1ccc(CNCCC(O)P(=O)(O)O)cc1.Cc1sc(COc2ccc(CNCCC(=O)O)cc2)cc1-c1ccccc1. The highest BCUT2D eigenvalue weighted by Crippen LogP contribution is 2.40. The summed E-state index contributed by atoms with van der Waals surface area (Å²) in [5.41, 5.74) is 6.07. The number of carboxylic acids is 1. The van der Waals surface area contributed by atoms with E-state index in [9.17, 15) is 14.5 Å². The molecule has 0 aliphatic carbocycles. The fraction of sp³-hybridized carbons (Fsp3) is 0.395. The Morgan fingerprint density at radius 3 is 2.08 bits per heavy atom. The van der Waals surface area contributed by atoms with E-state index in [0.717, 1.165) is 23.3 Å². The summed E-state index contributed by atoms with van der Waals surface area (Å²) in [6, 6.07) is 28.9. The molecule has 0 aliphatic rings. The van der Waals surface area contributed by atoms with Crippen LogP contribution in [0.15, 0.2) is 84.9 Å². The van der Waals surface area contributed by atoms with E-state index in [-0.39, 0.29) is 12.8 Å². The van der Waals surface area contributed by atoms with E-state index in [1.54, 1.807) is 11.3 Å². The molecule has 0 spiro atoms. The normalized spacial score (nSPS) is 11.9. The standard InChI is InChI=1S/C22H23NO3S.C16H28NO4P/c1-16-21(18-5-3-2-4-6-18)13-20(27-16)15-26-19-9-7-17(8-10-19)14-23-12-11-22(24)25;1-2-3-4-5-6-14-7-9-15(10-8-14)13-17-12-11-16(18)22(19,20)21/h2-10,13,23H,11-12,14-15H2,1H3,(H,24,25);7-10,16-18H,2-6,11-13H2,1H3,(H2,19,20,21). The summed E-state index contributed by atoms with van der Waals surface area (Å²) in [4.78, 5) is 30.5. The summed E-state index contributed by atoms with van der Waals surface area (Å²) >= 11 is 1.76. The average molecular weight is 711 g/mol. The maximum absolute atomic E-state index is 10.8. The Hall–Kier alpha value is -3.34. The van der Waals surface area contributed by atoms with E-state index in [2.05, 4.69) is 79.1 Å². The van der Waals surface area contributed by atoms with Crippen molar-refractivity contribution in [3.63, 3.8) is 0 Å². The Bertz CT molecular complexity index is 1560. The van der Waals surface area contributed by atoms with Gasteiger partial charge < -0.3 is 35.4 Å². The molecule has 1 atom stereocenters. The second-order valence-electron chi connectivity index (χ2n) is 12.0. The highest BCUT2D eigenvalue weighted by Gasteiger charge is 2.25. The number of carbonyl (C=O) groups is 1. The third-order valence-corrected chi connectivity index (χ3v) is 9.90. The molecule has 1 unspecified atom stereocenters. The number of hydrogen-bond acceptors (Lipinski definition) is 7. The van der Waals surface area contributed by atoms with Crippen molar-refractivity contribution < 1.29 is 34.1 Å². The van der Waals surface area contributed by atoms with Gasteiger partial charge in [-0.15, -0.1) is 11.3 Å². The van der Waals surface area contributed by atoms with Crippen molar-refractivity contribution in [2.75, 3.05) is 13.1 Å². The van der Waals surface area contributed by atoms with E-state index in [0.29, 0.717) is 32.8 Å². The number of hydrogen-bond donors (Lipinski definition) is 6. The lowest BCUT2D eigenvalue weighted by Crippen LogP contribution is -2.20. The monoisotopic (exact) mass is 710 g/mol. The van der Waals surface area contributed by atoms with Gasteiger partial charge in [-0.05, 0) is 78.7 Å². The van der Waals surface area contributed by atoms with Crippen LogP contribution in [0.1, 0.15) is 71.9 Å². The van der Waals surface area contributed by atoms with Crippen LogP contribution >= 0.6 is 18.9 Å². The number of unbranched alkanes of at least 4 members (excludes halogenated alkanes) is 3. The molecule has 4 rings (SSSR count). The lowest BCUT2D eigenvalue weighted by atomic mass is 10.0. The first-order chi connectivity index (χ1) is 23.5. The van der Waals surface area contributed by atoms with Crippen molar-refractivity contribution in [1.82, 2.24) is 10.6 Å². The number of carboxylic acid groups (broad SMARTS) is 1. The second kappa shape index (κ2) is 21.7. The Labute approximate surface area is 294 Å². The molecule has 1 aromatic heterocycles. The first-order valence-corrected chi connectivity index (χ1v) is 19.4. The predicted octanol–water partition coefficient (Wildman–Crippen LogP) is 7.65.